The fourth-order valence-corrected chi connectivity index (χ4v) is 2.98. The van der Waals surface area contributed by atoms with E-state index in [1.165, 1.54) is 0 Å². The smallest absolute Gasteiger partial charge is 0.102 e. The second kappa shape index (κ2) is 5.79. The highest BCUT2D eigenvalue weighted by molar-refractivity contribution is 7.10. The van der Waals surface area contributed by atoms with E-state index in [0.29, 0.717) is 13.0 Å². The van der Waals surface area contributed by atoms with E-state index in [2.05, 4.69) is 15.4 Å². The van der Waals surface area contributed by atoms with E-state index in [1.807, 2.05) is 47.6 Å². The molecule has 1 unspecified atom stereocenters. The molecule has 0 spiro atoms. The summed E-state index contributed by atoms with van der Waals surface area (Å²) < 4.78 is 3.63. The van der Waals surface area contributed by atoms with Crippen molar-refractivity contribution in [2.24, 2.45) is 0 Å². The molecular weight excluding hydrogens is 286 g/mol. The summed E-state index contributed by atoms with van der Waals surface area (Å²) in [6.45, 7) is 3.26. The zero-order valence-corrected chi connectivity index (χ0v) is 12.6. The van der Waals surface area contributed by atoms with Crippen LogP contribution < -0.4 is 0 Å². The fraction of sp³-hybridized carbons (Fsp3) is 0.357. The number of aryl methyl sites for hydroxylation is 2. The van der Waals surface area contributed by atoms with Crippen molar-refractivity contribution in [3.8, 4) is 0 Å². The quantitative estimate of drug-likeness (QED) is 0.752. The molecule has 0 saturated heterocycles. The lowest BCUT2D eigenvalue weighted by Crippen LogP contribution is -2.23. The van der Waals surface area contributed by atoms with Crippen molar-refractivity contribution in [3.05, 3.63) is 52.7 Å². The molecule has 1 N–H and O–H groups in total. The SMILES string of the molecule is CC(O)(Cc1cn(CCn2cccn2)nn1)c1cccs1. The molecule has 3 aromatic rings. The zero-order valence-electron chi connectivity index (χ0n) is 11.8. The molecule has 0 aromatic carbocycles. The predicted molar refractivity (Wildman–Crippen MR) is 79.8 cm³/mol. The summed E-state index contributed by atoms with van der Waals surface area (Å²) in [5.41, 5.74) is -0.120. The van der Waals surface area contributed by atoms with Crippen LogP contribution in [-0.4, -0.2) is 29.9 Å². The van der Waals surface area contributed by atoms with Crippen LogP contribution in [0.3, 0.4) is 0 Å². The maximum Gasteiger partial charge on any atom is 0.102 e. The van der Waals surface area contributed by atoms with E-state index in [1.54, 1.807) is 22.2 Å². The predicted octanol–water partition coefficient (Wildman–Crippen LogP) is 1.69. The van der Waals surface area contributed by atoms with Gasteiger partial charge in [0.2, 0.25) is 0 Å². The minimum absolute atomic E-state index is 0.454. The molecule has 0 fully saturated rings. The Morgan fingerprint density at radius 2 is 2.14 bits per heavy atom. The molecule has 0 radical (unpaired) electrons. The largest absolute Gasteiger partial charge is 0.384 e. The van der Waals surface area contributed by atoms with Gasteiger partial charge in [-0.15, -0.1) is 16.4 Å². The van der Waals surface area contributed by atoms with Gasteiger partial charge in [-0.1, -0.05) is 11.3 Å². The van der Waals surface area contributed by atoms with Gasteiger partial charge in [-0.25, -0.2) is 0 Å². The zero-order chi connectivity index (χ0) is 14.7. The molecule has 1 atom stereocenters. The standard InChI is InChI=1S/C14H17N5OS/c1-14(20,13-4-2-9-21-13)10-12-11-19(17-16-12)8-7-18-6-3-5-15-18/h2-6,9,11,20H,7-8,10H2,1H3. The maximum atomic E-state index is 10.5. The van der Waals surface area contributed by atoms with E-state index in [9.17, 15) is 5.11 Å². The van der Waals surface area contributed by atoms with Crippen LogP contribution in [0.15, 0.2) is 42.2 Å². The van der Waals surface area contributed by atoms with Gasteiger partial charge in [0.1, 0.15) is 5.60 Å². The molecule has 0 aliphatic carbocycles. The van der Waals surface area contributed by atoms with Gasteiger partial charge in [-0.3, -0.25) is 9.36 Å². The molecule has 0 bridgehead atoms. The number of thiophene rings is 1. The van der Waals surface area contributed by atoms with Crippen LogP contribution in [-0.2, 0) is 25.1 Å². The summed E-state index contributed by atoms with van der Waals surface area (Å²) in [4.78, 5) is 0.939. The van der Waals surface area contributed by atoms with Crippen LogP contribution in [0.4, 0.5) is 0 Å². The van der Waals surface area contributed by atoms with Gasteiger partial charge in [0.25, 0.3) is 0 Å². The highest BCUT2D eigenvalue weighted by Gasteiger charge is 2.26. The van der Waals surface area contributed by atoms with E-state index >= 15 is 0 Å². The van der Waals surface area contributed by atoms with Crippen LogP contribution in [0.1, 0.15) is 17.5 Å². The second-order valence-corrected chi connectivity index (χ2v) is 6.12. The highest BCUT2D eigenvalue weighted by atomic mass is 32.1. The second-order valence-electron chi connectivity index (χ2n) is 5.17. The molecule has 0 saturated carbocycles. The first-order valence-electron chi connectivity index (χ1n) is 6.76. The van der Waals surface area contributed by atoms with Crippen LogP contribution in [0.25, 0.3) is 0 Å². The van der Waals surface area contributed by atoms with Gasteiger partial charge in [0.05, 0.1) is 18.8 Å². The molecule has 3 aromatic heterocycles. The maximum absolute atomic E-state index is 10.5. The van der Waals surface area contributed by atoms with Crippen molar-refractivity contribution in [1.82, 2.24) is 24.8 Å². The van der Waals surface area contributed by atoms with Gasteiger partial charge >= 0.3 is 0 Å². The molecule has 3 rings (SSSR count). The van der Waals surface area contributed by atoms with E-state index in [4.69, 9.17) is 0 Å². The monoisotopic (exact) mass is 303 g/mol. The van der Waals surface area contributed by atoms with Crippen molar-refractivity contribution in [2.45, 2.75) is 32.0 Å². The Labute approximate surface area is 126 Å². The molecular formula is C14H17N5OS. The summed E-state index contributed by atoms with van der Waals surface area (Å²) in [7, 11) is 0. The van der Waals surface area contributed by atoms with Crippen LogP contribution in [0.2, 0.25) is 0 Å². The first kappa shape index (κ1) is 14.0. The molecule has 110 valence electrons. The van der Waals surface area contributed by atoms with Crippen LogP contribution in [0.5, 0.6) is 0 Å². The lowest BCUT2D eigenvalue weighted by molar-refractivity contribution is 0.0604. The van der Waals surface area contributed by atoms with Gasteiger partial charge in [-0.2, -0.15) is 5.10 Å². The number of hydrogen-bond donors (Lipinski definition) is 1. The molecule has 0 aliphatic rings. The number of nitrogens with zero attached hydrogens (tertiary/aromatic N) is 5. The normalized spacial score (nSPS) is 14.2. The third kappa shape index (κ3) is 3.37. The third-order valence-corrected chi connectivity index (χ3v) is 4.40. The Bertz CT molecular complexity index is 672. The molecule has 6 nitrogen and oxygen atoms in total. The summed E-state index contributed by atoms with van der Waals surface area (Å²) in [5.74, 6) is 0. The van der Waals surface area contributed by atoms with Crippen molar-refractivity contribution >= 4 is 11.3 Å². The van der Waals surface area contributed by atoms with Crippen LogP contribution in [0, 0.1) is 0 Å². The summed E-state index contributed by atoms with van der Waals surface area (Å²) >= 11 is 1.55. The van der Waals surface area contributed by atoms with Gasteiger partial charge < -0.3 is 5.11 Å². The summed E-state index contributed by atoms with van der Waals surface area (Å²) in [6.07, 6.45) is 6.01. The van der Waals surface area contributed by atoms with E-state index in [-0.39, 0.29) is 0 Å². The first-order valence-corrected chi connectivity index (χ1v) is 7.64. The topological polar surface area (TPSA) is 68.8 Å². The summed E-state index contributed by atoms with van der Waals surface area (Å²) in [5, 5.41) is 24.9. The van der Waals surface area contributed by atoms with Crippen molar-refractivity contribution in [1.29, 1.82) is 0 Å². The van der Waals surface area contributed by atoms with E-state index < -0.39 is 5.60 Å². The average molecular weight is 303 g/mol. The Kier molecular flexibility index (Phi) is 3.85. The highest BCUT2D eigenvalue weighted by Crippen LogP contribution is 2.28. The van der Waals surface area contributed by atoms with Gasteiger partial charge in [0.15, 0.2) is 0 Å². The molecule has 7 heteroatoms. The number of hydrogen-bond acceptors (Lipinski definition) is 5. The summed E-state index contributed by atoms with van der Waals surface area (Å²) in [6, 6.07) is 5.77. The molecule has 21 heavy (non-hydrogen) atoms. The van der Waals surface area contributed by atoms with Crippen LogP contribution >= 0.6 is 11.3 Å². The molecule has 0 amide bonds. The minimum Gasteiger partial charge on any atom is -0.384 e. The fourth-order valence-electron chi connectivity index (χ4n) is 2.19. The van der Waals surface area contributed by atoms with E-state index in [0.717, 1.165) is 17.1 Å². The Hall–Kier alpha value is -1.99. The lowest BCUT2D eigenvalue weighted by atomic mass is 9.99. The Balaban J connectivity index is 1.62. The lowest BCUT2D eigenvalue weighted by Gasteiger charge is -2.20. The Morgan fingerprint density at radius 1 is 1.29 bits per heavy atom. The molecule has 0 aliphatic heterocycles. The molecule has 3 heterocycles. The van der Waals surface area contributed by atoms with Crippen molar-refractivity contribution in [3.63, 3.8) is 0 Å². The first-order chi connectivity index (χ1) is 10.1. The Morgan fingerprint density at radius 3 is 2.86 bits per heavy atom. The van der Waals surface area contributed by atoms with Crippen molar-refractivity contribution in [2.75, 3.05) is 0 Å². The number of aromatic nitrogens is 5. The number of rotatable bonds is 6. The van der Waals surface area contributed by atoms with Gasteiger partial charge in [0, 0.05) is 29.9 Å². The third-order valence-electron chi connectivity index (χ3n) is 3.28. The average Bonchev–Trinajstić information content (AvgIpc) is 3.19. The van der Waals surface area contributed by atoms with Crippen molar-refractivity contribution < 1.29 is 5.11 Å². The number of aliphatic hydroxyl groups is 1. The minimum atomic E-state index is -0.906. The van der Waals surface area contributed by atoms with Gasteiger partial charge in [-0.05, 0) is 24.4 Å².